The molecule has 3 aliphatic rings. The van der Waals surface area contributed by atoms with Crippen LogP contribution < -0.4 is 9.80 Å². The van der Waals surface area contributed by atoms with E-state index in [0.717, 1.165) is 51.7 Å². The van der Waals surface area contributed by atoms with Crippen LogP contribution in [0.1, 0.15) is 267 Å². The molecule has 0 unspecified atom stereocenters. The first-order valence-electron chi connectivity index (χ1n) is 46.5. The Morgan fingerprint density at radius 1 is 0.189 bits per heavy atom. The fraction of sp³-hybridized carbons (Fsp3) is 0.280. The van der Waals surface area contributed by atoms with Gasteiger partial charge in [0.25, 0.3) is 0 Å². The second kappa shape index (κ2) is 31.4. The van der Waals surface area contributed by atoms with E-state index in [2.05, 4.69) is 491 Å². The lowest BCUT2D eigenvalue weighted by atomic mass is 9.70. The Labute approximate surface area is 760 Å². The summed E-state index contributed by atoms with van der Waals surface area (Å²) in [5.74, 6) is -0.521. The predicted octanol–water partition coefficient (Wildman–Crippen LogP) is 35.2. The molecular weight excluding hydrogens is 1530 g/mol. The van der Waals surface area contributed by atoms with Gasteiger partial charge in [-0.2, -0.15) is 0 Å². The SMILES string of the molecule is CC(C)(C)c1ccc(-c2cc(C(C)(C)C)cc(-c3ccc(C(C)(C)C)cc3)c2N2c3ccc(-c4ccc(C(C)(C)C)cc4-c4ccccc4)cc3C3c4cc(-c5ccc(C(C)(C)C)cc5-c5ccccc5)ccc4N(c4c(-c5ccc(C(C)(C)C)cc5)cc(C(C)(C)C)cc4-c4ccc(C(C)(C)C)cc4)c4cc(C5c6ccccc6Cc6ccccc65)cc2c43)cc1. The maximum absolute atomic E-state index is 2.82. The van der Waals surface area contributed by atoms with Crippen LogP contribution in [0.5, 0.6) is 0 Å². The fourth-order valence-corrected chi connectivity index (χ4v) is 20.0. The third-order valence-corrected chi connectivity index (χ3v) is 27.7. The highest BCUT2D eigenvalue weighted by atomic mass is 15.2. The highest BCUT2D eigenvalue weighted by Crippen LogP contribution is 2.66. The second-order valence-electron chi connectivity index (χ2n) is 45.0. The van der Waals surface area contributed by atoms with Gasteiger partial charge >= 0.3 is 0 Å². The van der Waals surface area contributed by atoms with Crippen LogP contribution in [0, 0.1) is 0 Å². The molecule has 15 aromatic rings. The standard InChI is InChI=1S/C125H128N2/c1-118(2,3)89-53-43-80(44-54-89)103-74-95(124(19,20)21)75-104(81-45-55-90(56-46-81)119(4,5)6)116(103)126-109-65-51-86(97-63-61-93(122(13,14)15)72-101(97)78-35-27-25-28-36-78)68-107(109)114-108-69-87(98-64-62-94(123(16,17)18)73-102(98)79-37-29-26-30-38-79)52-66-110(108)127(112-71-88(70-111(126)115(112)114)113-99-41-33-31-39-84(99)67-85-40-32-34-42-100(85)113)117-105(82-47-57-91(58-48-82)120(7,8)9)76-96(125(22,23)24)77-106(117)83-49-59-92(60-50-83)121(10,11)12/h25-66,68-77,113-114H,67H2,1-24H3. The molecule has 127 heavy (non-hydrogen) atoms. The van der Waals surface area contributed by atoms with Crippen LogP contribution in [0.25, 0.3) is 89.0 Å². The van der Waals surface area contributed by atoms with Crippen LogP contribution in [0.3, 0.4) is 0 Å². The molecule has 0 fully saturated rings. The third-order valence-electron chi connectivity index (χ3n) is 27.7. The molecule has 2 heterocycles. The van der Waals surface area contributed by atoms with Gasteiger partial charge in [0.2, 0.25) is 0 Å². The van der Waals surface area contributed by atoms with Crippen molar-refractivity contribution in [2.75, 3.05) is 9.80 Å². The zero-order valence-corrected chi connectivity index (χ0v) is 79.8. The average Bonchev–Trinajstić information content (AvgIpc) is 0.682. The van der Waals surface area contributed by atoms with Crippen molar-refractivity contribution in [3.05, 3.63) is 404 Å². The lowest BCUT2D eigenvalue weighted by molar-refractivity contribution is 0.589. The minimum absolute atomic E-state index is 0.0873. The maximum atomic E-state index is 2.82. The lowest BCUT2D eigenvalue weighted by Gasteiger charge is -2.47. The summed E-state index contributed by atoms with van der Waals surface area (Å²) < 4.78 is 0. The van der Waals surface area contributed by atoms with Gasteiger partial charge in [-0.1, -0.05) is 421 Å². The molecule has 0 aromatic heterocycles. The van der Waals surface area contributed by atoms with E-state index in [9.17, 15) is 0 Å². The summed E-state index contributed by atoms with van der Waals surface area (Å²) in [6.45, 7) is 56.6. The van der Waals surface area contributed by atoms with Crippen molar-refractivity contribution in [3.63, 3.8) is 0 Å². The number of hydrogen-bond donors (Lipinski definition) is 0. The highest BCUT2D eigenvalue weighted by molar-refractivity contribution is 6.08. The van der Waals surface area contributed by atoms with Gasteiger partial charge in [-0.05, 0) is 261 Å². The van der Waals surface area contributed by atoms with Crippen molar-refractivity contribution in [2.45, 2.75) is 228 Å². The van der Waals surface area contributed by atoms with Gasteiger partial charge in [0.05, 0.1) is 34.1 Å². The van der Waals surface area contributed by atoms with Crippen molar-refractivity contribution >= 4 is 34.1 Å². The molecule has 0 saturated heterocycles. The first-order chi connectivity index (χ1) is 60.0. The number of nitrogens with zero attached hydrogens (tertiary/aromatic N) is 2. The molecule has 2 heteroatoms. The van der Waals surface area contributed by atoms with Gasteiger partial charge in [-0.25, -0.2) is 0 Å². The zero-order valence-electron chi connectivity index (χ0n) is 79.8. The van der Waals surface area contributed by atoms with E-state index >= 15 is 0 Å². The molecule has 0 N–H and O–H groups in total. The van der Waals surface area contributed by atoms with Crippen LogP contribution in [0.15, 0.2) is 315 Å². The van der Waals surface area contributed by atoms with Gasteiger partial charge in [-0.3, -0.25) is 0 Å². The van der Waals surface area contributed by atoms with Gasteiger partial charge in [0, 0.05) is 39.7 Å². The molecule has 0 radical (unpaired) electrons. The van der Waals surface area contributed by atoms with Crippen molar-refractivity contribution < 1.29 is 0 Å². The van der Waals surface area contributed by atoms with Gasteiger partial charge < -0.3 is 9.80 Å². The number of rotatable bonds is 11. The Morgan fingerprint density at radius 3 is 0.748 bits per heavy atom. The Bertz CT molecular complexity index is 6170. The summed E-state index contributed by atoms with van der Waals surface area (Å²) in [6, 6.07) is 126. The summed E-state index contributed by atoms with van der Waals surface area (Å²) in [7, 11) is 0. The van der Waals surface area contributed by atoms with Crippen LogP contribution >= 0.6 is 0 Å². The summed E-state index contributed by atoms with van der Waals surface area (Å²) in [4.78, 5) is 5.64. The van der Waals surface area contributed by atoms with E-state index in [1.807, 2.05) is 0 Å². The number of benzene rings is 15. The minimum Gasteiger partial charge on any atom is -0.309 e. The quantitative estimate of drug-likeness (QED) is 0.127. The van der Waals surface area contributed by atoms with Gasteiger partial charge in [0.15, 0.2) is 0 Å². The Morgan fingerprint density at radius 2 is 0.449 bits per heavy atom. The van der Waals surface area contributed by atoms with E-state index < -0.39 is 0 Å². The normalized spacial score (nSPS) is 13.9. The molecule has 15 aromatic carbocycles. The molecule has 0 spiro atoms. The molecule has 2 aliphatic heterocycles. The molecule has 0 bridgehead atoms. The van der Waals surface area contributed by atoms with E-state index in [-0.39, 0.29) is 55.2 Å². The molecule has 2 nitrogen and oxygen atoms in total. The van der Waals surface area contributed by atoms with Crippen molar-refractivity contribution in [1.29, 1.82) is 0 Å². The fourth-order valence-electron chi connectivity index (χ4n) is 20.0. The first-order valence-corrected chi connectivity index (χ1v) is 46.5. The maximum Gasteiger partial charge on any atom is 0.0618 e. The average molecular weight is 1660 g/mol. The van der Waals surface area contributed by atoms with Gasteiger partial charge in [0.1, 0.15) is 0 Å². The van der Waals surface area contributed by atoms with Crippen LogP contribution in [-0.2, 0) is 49.7 Å². The summed E-state index contributed by atoms with van der Waals surface area (Å²) in [5, 5.41) is 0. The second-order valence-corrected chi connectivity index (χ2v) is 45.0. The molecular formula is C125H128N2. The summed E-state index contributed by atoms with van der Waals surface area (Å²) in [5.41, 5.74) is 45.3. The van der Waals surface area contributed by atoms with Crippen LogP contribution in [0.2, 0.25) is 0 Å². The molecule has 1 aliphatic carbocycles. The van der Waals surface area contributed by atoms with E-state index in [1.54, 1.807) is 0 Å². The Hall–Kier alpha value is -12.1. The van der Waals surface area contributed by atoms with Crippen LogP contribution in [0.4, 0.5) is 34.1 Å². The molecule has 0 saturated carbocycles. The molecule has 0 amide bonds. The van der Waals surface area contributed by atoms with Crippen molar-refractivity contribution in [3.8, 4) is 89.0 Å². The monoisotopic (exact) mass is 1660 g/mol. The number of fused-ring (bicyclic) bond motifs is 6. The summed E-state index contributed by atoms with van der Waals surface area (Å²) >= 11 is 0. The number of hydrogen-bond acceptors (Lipinski definition) is 2. The molecule has 0 atom stereocenters. The third kappa shape index (κ3) is 16.1. The largest absolute Gasteiger partial charge is 0.309 e. The lowest BCUT2D eigenvalue weighted by Crippen LogP contribution is -2.31. The Balaban J connectivity index is 1.08. The van der Waals surface area contributed by atoms with E-state index in [1.165, 1.54) is 167 Å². The molecule has 18 rings (SSSR count). The van der Waals surface area contributed by atoms with E-state index in [4.69, 9.17) is 0 Å². The minimum atomic E-state index is -0.360. The zero-order chi connectivity index (χ0) is 89.7. The van der Waals surface area contributed by atoms with Crippen molar-refractivity contribution in [1.82, 2.24) is 0 Å². The van der Waals surface area contributed by atoms with Crippen LogP contribution in [-0.4, -0.2) is 0 Å². The van der Waals surface area contributed by atoms with Gasteiger partial charge in [-0.15, -0.1) is 0 Å². The predicted molar refractivity (Wildman–Crippen MR) is 546 cm³/mol. The smallest absolute Gasteiger partial charge is 0.0618 e. The van der Waals surface area contributed by atoms with Crippen molar-refractivity contribution in [2.24, 2.45) is 0 Å². The topological polar surface area (TPSA) is 6.48 Å². The Kier molecular flexibility index (Phi) is 21.2. The summed E-state index contributed by atoms with van der Waals surface area (Å²) in [6.07, 6.45) is 0.853. The molecule has 638 valence electrons. The number of anilines is 6. The first kappa shape index (κ1) is 85.7. The highest BCUT2D eigenvalue weighted by Gasteiger charge is 2.46. The van der Waals surface area contributed by atoms with E-state index in [0.29, 0.717) is 0 Å².